The number of hydrogen-bond donors (Lipinski definition) is 2. The minimum atomic E-state index is -0.733. The van der Waals surface area contributed by atoms with Crippen molar-refractivity contribution in [2.24, 2.45) is 0 Å². The van der Waals surface area contributed by atoms with Crippen LogP contribution in [0.1, 0.15) is 24.1 Å². The maximum Gasteiger partial charge on any atom is 0.412 e. The van der Waals surface area contributed by atoms with Crippen LogP contribution < -0.4 is 15.6 Å². The van der Waals surface area contributed by atoms with Crippen LogP contribution in [-0.4, -0.2) is 22.4 Å². The van der Waals surface area contributed by atoms with E-state index in [0.717, 1.165) is 0 Å². The zero-order valence-corrected chi connectivity index (χ0v) is 16.7. The third kappa shape index (κ3) is 4.41. The minimum absolute atomic E-state index is 0.00359. The number of rotatable bonds is 5. The zero-order chi connectivity index (χ0) is 21.1. The summed E-state index contributed by atoms with van der Waals surface area (Å²) in [5, 5.41) is 12.7. The van der Waals surface area contributed by atoms with Crippen LogP contribution in [0.2, 0.25) is 5.02 Å². The van der Waals surface area contributed by atoms with E-state index in [0.29, 0.717) is 21.9 Å². The summed E-state index contributed by atoms with van der Waals surface area (Å²) in [5.74, 6) is -0.305. The normalized spacial score (nSPS) is 12.0. The third-order valence-electron chi connectivity index (χ3n) is 4.61. The van der Waals surface area contributed by atoms with Crippen molar-refractivity contribution in [2.45, 2.75) is 26.4 Å². The Kier molecular flexibility index (Phi) is 6.20. The number of nitrogens with one attached hydrogen (secondary N) is 1. The van der Waals surface area contributed by atoms with Crippen molar-refractivity contribution in [3.05, 3.63) is 74.9 Å². The molecule has 0 aliphatic carbocycles. The Balaban J connectivity index is 1.84. The van der Waals surface area contributed by atoms with Crippen molar-refractivity contribution < 1.29 is 19.0 Å². The SMILES string of the molecule is Cc1ccc2c(=O)n([C@H](C)CO)ccc2c1OC(=O)NCc1ccc(Cl)c(F)c1. The molecule has 0 saturated heterocycles. The van der Waals surface area contributed by atoms with Gasteiger partial charge in [0.2, 0.25) is 0 Å². The monoisotopic (exact) mass is 418 g/mol. The van der Waals surface area contributed by atoms with Crippen LogP contribution in [0, 0.1) is 12.7 Å². The van der Waals surface area contributed by atoms with Gasteiger partial charge in [-0.05, 0) is 49.2 Å². The van der Waals surface area contributed by atoms with E-state index in [2.05, 4.69) is 5.32 Å². The summed E-state index contributed by atoms with van der Waals surface area (Å²) < 4.78 is 20.4. The number of carbonyl (C=O) groups is 1. The molecule has 1 aromatic heterocycles. The fraction of sp³-hybridized carbons (Fsp3) is 0.238. The minimum Gasteiger partial charge on any atom is -0.409 e. The molecular formula is C21H20ClFN2O4. The van der Waals surface area contributed by atoms with Crippen molar-refractivity contribution in [2.75, 3.05) is 6.61 Å². The number of ether oxygens (including phenoxy) is 1. The van der Waals surface area contributed by atoms with Crippen LogP contribution in [-0.2, 0) is 6.54 Å². The van der Waals surface area contributed by atoms with Gasteiger partial charge in [-0.1, -0.05) is 23.7 Å². The highest BCUT2D eigenvalue weighted by molar-refractivity contribution is 6.30. The molecule has 0 aliphatic heterocycles. The Morgan fingerprint density at radius 3 is 2.72 bits per heavy atom. The summed E-state index contributed by atoms with van der Waals surface area (Å²) in [4.78, 5) is 25.0. The average molecular weight is 419 g/mol. The van der Waals surface area contributed by atoms with E-state index < -0.39 is 11.9 Å². The van der Waals surface area contributed by atoms with Gasteiger partial charge in [0, 0.05) is 18.1 Å². The predicted octanol–water partition coefficient (Wildman–Crippen LogP) is 3.94. The first-order valence-electron chi connectivity index (χ1n) is 8.96. The third-order valence-corrected chi connectivity index (χ3v) is 4.92. The lowest BCUT2D eigenvalue weighted by atomic mass is 10.1. The molecule has 8 heteroatoms. The maximum atomic E-state index is 13.5. The van der Waals surface area contributed by atoms with Crippen molar-refractivity contribution in [1.82, 2.24) is 9.88 Å². The molecule has 2 N–H and O–H groups in total. The maximum absolute atomic E-state index is 13.5. The van der Waals surface area contributed by atoms with Gasteiger partial charge in [-0.25, -0.2) is 9.18 Å². The number of aromatic nitrogens is 1. The van der Waals surface area contributed by atoms with E-state index >= 15 is 0 Å². The van der Waals surface area contributed by atoms with E-state index in [4.69, 9.17) is 16.3 Å². The quantitative estimate of drug-likeness (QED) is 0.657. The smallest absolute Gasteiger partial charge is 0.409 e. The van der Waals surface area contributed by atoms with Gasteiger partial charge in [0.15, 0.2) is 0 Å². The number of fused-ring (bicyclic) bond motifs is 1. The highest BCUT2D eigenvalue weighted by Crippen LogP contribution is 2.28. The molecular weight excluding hydrogens is 399 g/mol. The molecule has 3 aromatic rings. The number of amides is 1. The molecule has 1 amide bonds. The first-order valence-corrected chi connectivity index (χ1v) is 9.34. The number of carbonyl (C=O) groups excluding carboxylic acids is 1. The van der Waals surface area contributed by atoms with E-state index in [1.165, 1.54) is 16.7 Å². The Morgan fingerprint density at radius 2 is 2.03 bits per heavy atom. The lowest BCUT2D eigenvalue weighted by Gasteiger charge is -2.15. The van der Waals surface area contributed by atoms with Gasteiger partial charge in [0.05, 0.1) is 23.1 Å². The standard InChI is InChI=1S/C21H20ClFN2O4/c1-12-3-5-16-15(7-8-25(20(16)27)13(2)11-26)19(12)29-21(28)24-10-14-4-6-17(22)18(23)9-14/h3-9,13,26H,10-11H2,1-2H3,(H,24,28)/t13-/m1/s1. The molecule has 0 bridgehead atoms. The van der Waals surface area contributed by atoms with Crippen LogP contribution in [0.5, 0.6) is 5.75 Å². The van der Waals surface area contributed by atoms with Gasteiger partial charge in [-0.3, -0.25) is 4.79 Å². The number of hydrogen-bond acceptors (Lipinski definition) is 4. The molecule has 1 atom stereocenters. The Bertz CT molecular complexity index is 1130. The van der Waals surface area contributed by atoms with Gasteiger partial charge in [-0.15, -0.1) is 0 Å². The number of halogens is 2. The molecule has 1 heterocycles. The number of aryl methyl sites for hydroxylation is 1. The molecule has 0 saturated carbocycles. The van der Waals surface area contributed by atoms with E-state index in [-0.39, 0.29) is 35.5 Å². The lowest BCUT2D eigenvalue weighted by Crippen LogP contribution is -2.27. The summed E-state index contributed by atoms with van der Waals surface area (Å²) >= 11 is 5.65. The fourth-order valence-electron chi connectivity index (χ4n) is 2.95. The van der Waals surface area contributed by atoms with Crippen LogP contribution >= 0.6 is 11.6 Å². The summed E-state index contributed by atoms with van der Waals surface area (Å²) in [7, 11) is 0. The molecule has 0 aliphatic rings. The van der Waals surface area contributed by atoms with Crippen LogP contribution in [0.3, 0.4) is 0 Å². The highest BCUT2D eigenvalue weighted by Gasteiger charge is 2.15. The molecule has 0 radical (unpaired) electrons. The summed E-state index contributed by atoms with van der Waals surface area (Å²) in [6.45, 7) is 3.37. The number of aliphatic hydroxyl groups is 1. The molecule has 0 fully saturated rings. The molecule has 3 rings (SSSR count). The Hall–Kier alpha value is -2.90. The lowest BCUT2D eigenvalue weighted by molar-refractivity contribution is 0.200. The van der Waals surface area contributed by atoms with Crippen molar-refractivity contribution in [1.29, 1.82) is 0 Å². The highest BCUT2D eigenvalue weighted by atomic mass is 35.5. The molecule has 2 aromatic carbocycles. The number of aliphatic hydroxyl groups excluding tert-OH is 1. The Labute approximate surface area is 171 Å². The number of benzene rings is 2. The molecule has 29 heavy (non-hydrogen) atoms. The van der Waals surface area contributed by atoms with E-state index in [1.54, 1.807) is 44.3 Å². The second kappa shape index (κ2) is 8.63. The van der Waals surface area contributed by atoms with Gasteiger partial charge in [0.25, 0.3) is 5.56 Å². The van der Waals surface area contributed by atoms with Crippen LogP contribution in [0.15, 0.2) is 47.4 Å². The van der Waals surface area contributed by atoms with Gasteiger partial charge in [0.1, 0.15) is 11.6 Å². The first kappa shape index (κ1) is 20.8. The number of nitrogens with zero attached hydrogens (tertiary/aromatic N) is 1. The van der Waals surface area contributed by atoms with E-state index in [9.17, 15) is 19.1 Å². The zero-order valence-electron chi connectivity index (χ0n) is 15.9. The number of pyridine rings is 1. The largest absolute Gasteiger partial charge is 0.412 e. The molecule has 0 spiro atoms. The predicted molar refractivity (Wildman–Crippen MR) is 109 cm³/mol. The topological polar surface area (TPSA) is 80.6 Å². The fourth-order valence-corrected chi connectivity index (χ4v) is 3.06. The van der Waals surface area contributed by atoms with Crippen LogP contribution in [0.25, 0.3) is 10.8 Å². The summed E-state index contributed by atoms with van der Waals surface area (Å²) in [6, 6.07) is 8.89. The van der Waals surface area contributed by atoms with Crippen molar-refractivity contribution in [3.8, 4) is 5.75 Å². The van der Waals surface area contributed by atoms with Crippen LogP contribution in [0.4, 0.5) is 9.18 Å². The summed E-state index contributed by atoms with van der Waals surface area (Å²) in [6.07, 6.45) is 0.829. The second-order valence-electron chi connectivity index (χ2n) is 6.72. The van der Waals surface area contributed by atoms with Gasteiger partial charge >= 0.3 is 6.09 Å². The second-order valence-corrected chi connectivity index (χ2v) is 7.13. The molecule has 152 valence electrons. The van der Waals surface area contributed by atoms with Crippen molar-refractivity contribution in [3.63, 3.8) is 0 Å². The van der Waals surface area contributed by atoms with E-state index in [1.807, 2.05) is 0 Å². The molecule has 6 nitrogen and oxygen atoms in total. The Morgan fingerprint density at radius 1 is 1.28 bits per heavy atom. The van der Waals surface area contributed by atoms with Crippen molar-refractivity contribution >= 4 is 28.5 Å². The summed E-state index contributed by atoms with van der Waals surface area (Å²) in [5.41, 5.74) is 0.919. The van der Waals surface area contributed by atoms with Gasteiger partial charge < -0.3 is 19.7 Å². The average Bonchev–Trinajstić information content (AvgIpc) is 2.70. The molecule has 0 unspecified atom stereocenters. The first-order chi connectivity index (χ1) is 13.8. The van der Waals surface area contributed by atoms with Gasteiger partial charge in [-0.2, -0.15) is 0 Å².